The van der Waals surface area contributed by atoms with Gasteiger partial charge in [-0.05, 0) is 30.7 Å². The number of primary amides is 1. The molecular formula is C30H48N10O9. The van der Waals surface area contributed by atoms with Crippen LogP contribution in [-0.2, 0) is 40.0 Å². The van der Waals surface area contributed by atoms with E-state index in [9.17, 15) is 43.8 Å². The lowest BCUT2D eigenvalue weighted by molar-refractivity contribution is -0.142. The average molecular weight is 693 g/mol. The third-order valence-corrected chi connectivity index (χ3v) is 6.83. The van der Waals surface area contributed by atoms with Crippen molar-refractivity contribution in [2.24, 2.45) is 33.8 Å². The van der Waals surface area contributed by atoms with Crippen LogP contribution < -0.4 is 49.5 Å². The van der Waals surface area contributed by atoms with Crippen molar-refractivity contribution in [2.45, 2.75) is 76.2 Å². The number of guanidine groups is 1. The van der Waals surface area contributed by atoms with E-state index in [4.69, 9.17) is 22.9 Å². The molecule has 6 amide bonds. The van der Waals surface area contributed by atoms with Crippen LogP contribution in [0.5, 0.6) is 0 Å². The number of aliphatic hydroxyl groups is 1. The van der Waals surface area contributed by atoms with E-state index in [1.54, 1.807) is 30.3 Å². The van der Waals surface area contributed by atoms with Crippen LogP contribution in [0.15, 0.2) is 35.3 Å². The van der Waals surface area contributed by atoms with Crippen LogP contribution in [0.25, 0.3) is 0 Å². The SMILES string of the molecule is CC(C)C[C@H](N)C(=O)NCC(=O)N[C@@H](CCCN=C(N)N)C(=O)N[C@@H](CC(N)=O)C(=O)N[C@@H](CO)C(=O)N[C@@H](Cc1ccccc1)C(=O)O. The van der Waals surface area contributed by atoms with Crippen LogP contribution in [-0.4, -0.2) is 107 Å². The molecule has 0 radical (unpaired) electrons. The Kier molecular flexibility index (Phi) is 18.3. The number of nitrogens with zero attached hydrogens (tertiary/aromatic N) is 1. The van der Waals surface area contributed by atoms with E-state index in [1.807, 2.05) is 13.8 Å². The summed E-state index contributed by atoms with van der Waals surface area (Å²) in [6.45, 7) is 2.32. The molecule has 0 aromatic heterocycles. The summed E-state index contributed by atoms with van der Waals surface area (Å²) in [6, 6.07) is 1.44. The molecule has 1 rings (SSSR count). The Bertz CT molecular complexity index is 1320. The Balaban J connectivity index is 3.04. The van der Waals surface area contributed by atoms with Gasteiger partial charge in [-0.25, -0.2) is 4.79 Å². The predicted molar refractivity (Wildman–Crippen MR) is 177 cm³/mol. The summed E-state index contributed by atoms with van der Waals surface area (Å²) in [5.74, 6) is -6.94. The number of aliphatic carboxylic acids is 1. The second-order valence-electron chi connectivity index (χ2n) is 11.6. The predicted octanol–water partition coefficient (Wildman–Crippen LogP) is -4.34. The Labute approximate surface area is 283 Å². The summed E-state index contributed by atoms with van der Waals surface area (Å²) in [6.07, 6.45) is -0.353. The summed E-state index contributed by atoms with van der Waals surface area (Å²) < 4.78 is 0. The van der Waals surface area contributed by atoms with E-state index in [-0.39, 0.29) is 37.7 Å². The number of nitrogens with one attached hydrogen (secondary N) is 5. The molecule has 5 atom stereocenters. The maximum atomic E-state index is 13.3. The third kappa shape index (κ3) is 16.9. The number of aliphatic hydroxyl groups excluding tert-OH is 1. The molecule has 0 bridgehead atoms. The highest BCUT2D eigenvalue weighted by Crippen LogP contribution is 2.06. The van der Waals surface area contributed by atoms with Crippen molar-refractivity contribution in [3.8, 4) is 0 Å². The number of carboxylic acid groups (broad SMARTS) is 1. The smallest absolute Gasteiger partial charge is 0.326 e. The van der Waals surface area contributed by atoms with Crippen molar-refractivity contribution in [2.75, 3.05) is 19.7 Å². The largest absolute Gasteiger partial charge is 0.480 e. The summed E-state index contributed by atoms with van der Waals surface area (Å²) in [4.78, 5) is 91.7. The number of aliphatic imine (C=N–C) groups is 1. The van der Waals surface area contributed by atoms with Gasteiger partial charge in [0.15, 0.2) is 5.96 Å². The van der Waals surface area contributed by atoms with Gasteiger partial charge in [0.25, 0.3) is 0 Å². The molecule has 0 spiro atoms. The average Bonchev–Trinajstić information content (AvgIpc) is 3.02. The summed E-state index contributed by atoms with van der Waals surface area (Å²) in [5.41, 5.74) is 22.4. The van der Waals surface area contributed by atoms with Gasteiger partial charge in [0.1, 0.15) is 24.2 Å². The number of hydrogen-bond donors (Lipinski definition) is 11. The van der Waals surface area contributed by atoms with Gasteiger partial charge < -0.3 is 59.7 Å². The Hall–Kier alpha value is -5.30. The van der Waals surface area contributed by atoms with Crippen molar-refractivity contribution >= 4 is 47.4 Å². The zero-order chi connectivity index (χ0) is 37.1. The van der Waals surface area contributed by atoms with Gasteiger partial charge in [-0.2, -0.15) is 0 Å². The second kappa shape index (κ2) is 21.5. The van der Waals surface area contributed by atoms with Gasteiger partial charge in [0.2, 0.25) is 35.4 Å². The minimum atomic E-state index is -1.68. The van der Waals surface area contributed by atoms with E-state index in [0.29, 0.717) is 12.0 Å². The van der Waals surface area contributed by atoms with E-state index in [2.05, 4.69) is 31.6 Å². The van der Waals surface area contributed by atoms with Gasteiger partial charge in [0.05, 0.1) is 25.6 Å². The first kappa shape index (κ1) is 41.7. The van der Waals surface area contributed by atoms with Gasteiger partial charge in [-0.3, -0.25) is 33.8 Å². The molecule has 1 aromatic rings. The third-order valence-electron chi connectivity index (χ3n) is 6.83. The molecule has 0 saturated heterocycles. The first-order valence-corrected chi connectivity index (χ1v) is 15.5. The quantitative estimate of drug-likeness (QED) is 0.0312. The molecule has 0 aliphatic carbocycles. The fourth-order valence-electron chi connectivity index (χ4n) is 4.40. The minimum Gasteiger partial charge on any atom is -0.480 e. The molecule has 0 unspecified atom stereocenters. The number of amides is 6. The molecule has 19 heteroatoms. The molecule has 0 heterocycles. The number of carbonyl (C=O) groups is 7. The lowest BCUT2D eigenvalue weighted by Crippen LogP contribution is -2.59. The van der Waals surface area contributed by atoms with E-state index in [1.165, 1.54) is 0 Å². The Morgan fingerprint density at radius 1 is 0.796 bits per heavy atom. The van der Waals surface area contributed by atoms with Crippen LogP contribution in [0.4, 0.5) is 0 Å². The molecule has 49 heavy (non-hydrogen) atoms. The fraction of sp³-hybridized carbons (Fsp3) is 0.533. The monoisotopic (exact) mass is 692 g/mol. The van der Waals surface area contributed by atoms with Crippen molar-refractivity contribution in [3.63, 3.8) is 0 Å². The summed E-state index contributed by atoms with van der Waals surface area (Å²) in [5, 5.41) is 31.0. The number of hydrogen-bond acceptors (Lipinski definition) is 10. The molecule has 272 valence electrons. The van der Waals surface area contributed by atoms with E-state index >= 15 is 0 Å². The van der Waals surface area contributed by atoms with Gasteiger partial charge in [-0.15, -0.1) is 0 Å². The number of benzene rings is 1. The normalized spacial score (nSPS) is 13.8. The van der Waals surface area contributed by atoms with Crippen molar-refractivity contribution in [3.05, 3.63) is 35.9 Å². The van der Waals surface area contributed by atoms with E-state index in [0.717, 1.165) is 0 Å². The Morgan fingerprint density at radius 3 is 1.92 bits per heavy atom. The lowest BCUT2D eigenvalue weighted by atomic mass is 10.0. The molecule has 19 nitrogen and oxygen atoms in total. The number of carbonyl (C=O) groups excluding carboxylic acids is 6. The number of carboxylic acids is 1. The van der Waals surface area contributed by atoms with Crippen LogP contribution in [0, 0.1) is 5.92 Å². The fourth-order valence-corrected chi connectivity index (χ4v) is 4.40. The first-order chi connectivity index (χ1) is 23.0. The highest BCUT2D eigenvalue weighted by molar-refractivity contribution is 5.97. The molecule has 0 aliphatic heterocycles. The highest BCUT2D eigenvalue weighted by atomic mass is 16.4. The number of nitrogens with two attached hydrogens (primary N) is 4. The Morgan fingerprint density at radius 2 is 1.37 bits per heavy atom. The highest BCUT2D eigenvalue weighted by Gasteiger charge is 2.32. The summed E-state index contributed by atoms with van der Waals surface area (Å²) >= 11 is 0. The van der Waals surface area contributed by atoms with E-state index < -0.39 is 91.2 Å². The molecule has 15 N–H and O–H groups in total. The zero-order valence-electron chi connectivity index (χ0n) is 27.5. The minimum absolute atomic E-state index is 0.0558. The maximum Gasteiger partial charge on any atom is 0.326 e. The zero-order valence-corrected chi connectivity index (χ0v) is 27.5. The molecule has 0 aliphatic rings. The molecule has 1 aromatic carbocycles. The van der Waals surface area contributed by atoms with Crippen LogP contribution in [0.1, 0.15) is 45.1 Å². The van der Waals surface area contributed by atoms with Gasteiger partial charge in [-0.1, -0.05) is 44.2 Å². The van der Waals surface area contributed by atoms with Gasteiger partial charge in [0, 0.05) is 13.0 Å². The molecule has 0 saturated carbocycles. The molecular weight excluding hydrogens is 644 g/mol. The number of rotatable bonds is 22. The molecule has 0 fully saturated rings. The maximum absolute atomic E-state index is 13.3. The van der Waals surface area contributed by atoms with Crippen molar-refractivity contribution in [1.82, 2.24) is 26.6 Å². The van der Waals surface area contributed by atoms with Crippen LogP contribution in [0.2, 0.25) is 0 Å². The van der Waals surface area contributed by atoms with Crippen molar-refractivity contribution < 1.29 is 43.8 Å². The standard InChI is InChI=1S/C30H48N10O9/c1-16(2)11-18(31)25(44)36-14-24(43)37-19(9-6-10-35-30(33)34)26(45)38-20(13-23(32)42)27(46)40-22(15-41)28(47)39-21(29(48)49)12-17-7-4-3-5-8-17/h3-5,7-8,16,18-22,41H,6,9-15,31H2,1-2H3,(H2,32,42)(H,36,44)(H,37,43)(H,38,45)(H,39,47)(H,40,46)(H,48,49)(H4,33,34,35)/t18-,19-,20-,21-,22-/m0/s1. The topological polar surface area (TPSA) is 337 Å². The lowest BCUT2D eigenvalue weighted by Gasteiger charge is -2.25. The van der Waals surface area contributed by atoms with Gasteiger partial charge >= 0.3 is 5.97 Å². The summed E-state index contributed by atoms with van der Waals surface area (Å²) in [7, 11) is 0. The van der Waals surface area contributed by atoms with Crippen molar-refractivity contribution in [1.29, 1.82) is 0 Å². The second-order valence-corrected chi connectivity index (χ2v) is 11.6. The van der Waals surface area contributed by atoms with Crippen LogP contribution in [0.3, 0.4) is 0 Å². The first-order valence-electron chi connectivity index (χ1n) is 15.5. The van der Waals surface area contributed by atoms with Crippen LogP contribution >= 0.6 is 0 Å².